The van der Waals surface area contributed by atoms with Crippen LogP contribution in [0.5, 0.6) is 0 Å². The normalized spacial score (nSPS) is 11.8. The molecule has 0 saturated heterocycles. The second kappa shape index (κ2) is 8.73. The Kier molecular flexibility index (Phi) is 6.66. The molecule has 0 radical (unpaired) electrons. The summed E-state index contributed by atoms with van der Waals surface area (Å²) < 4.78 is 1.07. The Hall–Kier alpha value is -1.81. The standard InChI is InChI=1S/C19H23BrN2O/c1-3-14(2)16-9-5-7-11-18(16)22-19(23)21-13-12-15-8-4-6-10-17(15)20/h4-11,14H,3,12-13H2,1-2H3,(H2,21,22,23). The molecular weight excluding hydrogens is 352 g/mol. The fourth-order valence-corrected chi connectivity index (χ4v) is 2.92. The van der Waals surface area contributed by atoms with E-state index in [-0.39, 0.29) is 6.03 Å². The molecule has 2 amide bonds. The monoisotopic (exact) mass is 374 g/mol. The number of urea groups is 1. The number of benzene rings is 2. The fourth-order valence-electron chi connectivity index (χ4n) is 2.44. The van der Waals surface area contributed by atoms with Crippen LogP contribution >= 0.6 is 15.9 Å². The number of nitrogens with one attached hydrogen (secondary N) is 2. The molecule has 1 atom stereocenters. The van der Waals surface area contributed by atoms with Crippen LogP contribution < -0.4 is 10.6 Å². The molecule has 0 aliphatic rings. The van der Waals surface area contributed by atoms with E-state index in [0.29, 0.717) is 12.5 Å². The smallest absolute Gasteiger partial charge is 0.319 e. The SMILES string of the molecule is CCC(C)c1ccccc1NC(=O)NCCc1ccccc1Br. The highest BCUT2D eigenvalue weighted by Gasteiger charge is 2.10. The lowest BCUT2D eigenvalue weighted by Gasteiger charge is -2.16. The van der Waals surface area contributed by atoms with Crippen LogP contribution in [0, 0.1) is 0 Å². The summed E-state index contributed by atoms with van der Waals surface area (Å²) in [5, 5.41) is 5.89. The van der Waals surface area contributed by atoms with Gasteiger partial charge in [-0.3, -0.25) is 0 Å². The lowest BCUT2D eigenvalue weighted by Crippen LogP contribution is -2.30. The van der Waals surface area contributed by atoms with Crippen molar-refractivity contribution in [2.24, 2.45) is 0 Å². The summed E-state index contributed by atoms with van der Waals surface area (Å²) in [6, 6.07) is 15.9. The van der Waals surface area contributed by atoms with E-state index in [9.17, 15) is 4.79 Å². The molecule has 4 heteroatoms. The van der Waals surface area contributed by atoms with Crippen molar-refractivity contribution in [2.75, 3.05) is 11.9 Å². The van der Waals surface area contributed by atoms with Gasteiger partial charge in [0.1, 0.15) is 0 Å². The first kappa shape index (κ1) is 17.5. The van der Waals surface area contributed by atoms with Crippen molar-refractivity contribution >= 4 is 27.6 Å². The third-order valence-electron chi connectivity index (χ3n) is 3.99. The summed E-state index contributed by atoms with van der Waals surface area (Å²) in [5.41, 5.74) is 3.25. The Morgan fingerprint density at radius 2 is 1.83 bits per heavy atom. The molecule has 2 rings (SSSR count). The van der Waals surface area contributed by atoms with Crippen molar-refractivity contribution in [2.45, 2.75) is 32.6 Å². The minimum atomic E-state index is -0.159. The Bertz CT molecular complexity index is 657. The summed E-state index contributed by atoms with van der Waals surface area (Å²) in [7, 11) is 0. The predicted octanol–water partition coefficient (Wildman–Crippen LogP) is 5.33. The molecule has 122 valence electrons. The maximum absolute atomic E-state index is 12.1. The predicted molar refractivity (Wildman–Crippen MR) is 100 cm³/mol. The van der Waals surface area contributed by atoms with Gasteiger partial charge in [-0.25, -0.2) is 4.79 Å². The molecule has 0 aromatic heterocycles. The minimum Gasteiger partial charge on any atom is -0.338 e. The van der Waals surface area contributed by atoms with Gasteiger partial charge in [-0.2, -0.15) is 0 Å². The molecule has 0 saturated carbocycles. The maximum atomic E-state index is 12.1. The maximum Gasteiger partial charge on any atom is 0.319 e. The van der Waals surface area contributed by atoms with Gasteiger partial charge in [0.2, 0.25) is 0 Å². The second-order valence-corrected chi connectivity index (χ2v) is 6.47. The van der Waals surface area contributed by atoms with Gasteiger partial charge in [-0.1, -0.05) is 66.2 Å². The highest BCUT2D eigenvalue weighted by atomic mass is 79.9. The van der Waals surface area contributed by atoms with Crippen LogP contribution in [0.4, 0.5) is 10.5 Å². The third kappa shape index (κ3) is 5.10. The van der Waals surface area contributed by atoms with E-state index < -0.39 is 0 Å². The van der Waals surface area contributed by atoms with Crippen LogP contribution in [-0.2, 0) is 6.42 Å². The number of carbonyl (C=O) groups is 1. The molecule has 0 bridgehead atoms. The van der Waals surface area contributed by atoms with Crippen molar-refractivity contribution < 1.29 is 4.79 Å². The van der Waals surface area contributed by atoms with Crippen molar-refractivity contribution in [1.82, 2.24) is 5.32 Å². The van der Waals surface area contributed by atoms with E-state index in [1.54, 1.807) is 0 Å². The highest BCUT2D eigenvalue weighted by Crippen LogP contribution is 2.26. The number of halogens is 1. The average Bonchev–Trinajstić information content (AvgIpc) is 2.56. The molecule has 0 fully saturated rings. The number of hydrogen-bond donors (Lipinski definition) is 2. The zero-order valence-corrected chi connectivity index (χ0v) is 15.2. The molecule has 0 aliphatic heterocycles. The van der Waals surface area contributed by atoms with Crippen molar-refractivity contribution in [3.63, 3.8) is 0 Å². The lowest BCUT2D eigenvalue weighted by molar-refractivity contribution is 0.252. The Labute approximate surface area is 146 Å². The number of carbonyl (C=O) groups excluding carboxylic acids is 1. The zero-order chi connectivity index (χ0) is 16.7. The first-order valence-electron chi connectivity index (χ1n) is 7.99. The van der Waals surface area contributed by atoms with Gasteiger partial charge in [-0.05, 0) is 42.0 Å². The van der Waals surface area contributed by atoms with Gasteiger partial charge in [-0.15, -0.1) is 0 Å². The largest absolute Gasteiger partial charge is 0.338 e. The molecule has 1 unspecified atom stereocenters. The minimum absolute atomic E-state index is 0.159. The van der Waals surface area contributed by atoms with Crippen LogP contribution in [0.2, 0.25) is 0 Å². The Balaban J connectivity index is 1.89. The van der Waals surface area contributed by atoms with Gasteiger partial charge in [0.15, 0.2) is 0 Å². The van der Waals surface area contributed by atoms with Crippen LogP contribution in [0.1, 0.15) is 37.3 Å². The average molecular weight is 375 g/mol. The number of para-hydroxylation sites is 1. The lowest BCUT2D eigenvalue weighted by atomic mass is 9.97. The highest BCUT2D eigenvalue weighted by molar-refractivity contribution is 9.10. The molecule has 2 N–H and O–H groups in total. The number of hydrogen-bond acceptors (Lipinski definition) is 1. The number of anilines is 1. The van der Waals surface area contributed by atoms with Crippen LogP contribution in [-0.4, -0.2) is 12.6 Å². The van der Waals surface area contributed by atoms with Gasteiger partial charge in [0, 0.05) is 16.7 Å². The van der Waals surface area contributed by atoms with E-state index in [2.05, 4.69) is 52.5 Å². The Morgan fingerprint density at radius 1 is 1.13 bits per heavy atom. The van der Waals surface area contributed by atoms with Gasteiger partial charge < -0.3 is 10.6 Å². The van der Waals surface area contributed by atoms with E-state index in [1.807, 2.05) is 36.4 Å². The molecule has 0 aliphatic carbocycles. The zero-order valence-electron chi connectivity index (χ0n) is 13.6. The first-order valence-corrected chi connectivity index (χ1v) is 8.78. The number of amides is 2. The second-order valence-electron chi connectivity index (χ2n) is 5.62. The van der Waals surface area contributed by atoms with Crippen molar-refractivity contribution in [1.29, 1.82) is 0 Å². The summed E-state index contributed by atoms with van der Waals surface area (Å²) in [6.45, 7) is 4.92. The van der Waals surface area contributed by atoms with Gasteiger partial charge >= 0.3 is 6.03 Å². The third-order valence-corrected chi connectivity index (χ3v) is 4.76. The molecule has 2 aromatic carbocycles. The van der Waals surface area contributed by atoms with Crippen molar-refractivity contribution in [3.05, 3.63) is 64.1 Å². The quantitative estimate of drug-likeness (QED) is 0.704. The number of rotatable bonds is 6. The van der Waals surface area contributed by atoms with Crippen molar-refractivity contribution in [3.8, 4) is 0 Å². The summed E-state index contributed by atoms with van der Waals surface area (Å²) in [4.78, 5) is 12.1. The van der Waals surface area contributed by atoms with E-state index in [1.165, 1.54) is 11.1 Å². The summed E-state index contributed by atoms with van der Waals surface area (Å²) in [6.07, 6.45) is 1.84. The molecule has 0 heterocycles. The fraction of sp³-hybridized carbons (Fsp3) is 0.316. The van der Waals surface area contributed by atoms with E-state index in [4.69, 9.17) is 0 Å². The first-order chi connectivity index (χ1) is 11.1. The van der Waals surface area contributed by atoms with Gasteiger partial charge in [0.25, 0.3) is 0 Å². The summed E-state index contributed by atoms with van der Waals surface area (Å²) in [5.74, 6) is 0.423. The Morgan fingerprint density at radius 3 is 2.57 bits per heavy atom. The topological polar surface area (TPSA) is 41.1 Å². The summed E-state index contributed by atoms with van der Waals surface area (Å²) >= 11 is 3.52. The van der Waals surface area contributed by atoms with Crippen LogP contribution in [0.3, 0.4) is 0 Å². The molecule has 3 nitrogen and oxygen atoms in total. The van der Waals surface area contributed by atoms with E-state index in [0.717, 1.165) is 23.0 Å². The molecular formula is C19H23BrN2O. The molecule has 0 spiro atoms. The van der Waals surface area contributed by atoms with E-state index >= 15 is 0 Å². The van der Waals surface area contributed by atoms with Crippen LogP contribution in [0.15, 0.2) is 53.0 Å². The van der Waals surface area contributed by atoms with Crippen LogP contribution in [0.25, 0.3) is 0 Å². The molecule has 23 heavy (non-hydrogen) atoms. The molecule has 2 aromatic rings. The van der Waals surface area contributed by atoms with Gasteiger partial charge in [0.05, 0.1) is 0 Å².